The van der Waals surface area contributed by atoms with E-state index in [0.29, 0.717) is 15.2 Å². The Hall–Kier alpha value is -2.60. The van der Waals surface area contributed by atoms with Gasteiger partial charge in [0.1, 0.15) is 5.15 Å². The molecule has 4 aromatic rings. The average Bonchev–Trinajstić information content (AvgIpc) is 2.96. The van der Waals surface area contributed by atoms with E-state index in [4.69, 9.17) is 34.8 Å². The van der Waals surface area contributed by atoms with Crippen LogP contribution in [0.25, 0.3) is 16.6 Å². The van der Waals surface area contributed by atoms with Gasteiger partial charge in [0.05, 0.1) is 34.4 Å². The van der Waals surface area contributed by atoms with Gasteiger partial charge in [0, 0.05) is 21.6 Å². The molecular weight excluding hydrogens is 417 g/mol. The van der Waals surface area contributed by atoms with Crippen molar-refractivity contribution in [1.29, 1.82) is 0 Å². The second kappa shape index (κ2) is 7.80. The Bertz CT molecular complexity index is 1180. The van der Waals surface area contributed by atoms with Gasteiger partial charge in [0.15, 0.2) is 0 Å². The number of aryl methyl sites for hydroxylation is 1. The van der Waals surface area contributed by atoms with Gasteiger partial charge in [0.2, 0.25) is 0 Å². The maximum absolute atomic E-state index is 6.52. The number of aromatic nitrogens is 3. The van der Waals surface area contributed by atoms with E-state index < -0.39 is 0 Å². The van der Waals surface area contributed by atoms with Crippen molar-refractivity contribution in [1.82, 2.24) is 14.8 Å². The van der Waals surface area contributed by atoms with Crippen molar-refractivity contribution in [2.45, 2.75) is 6.92 Å². The number of benzene rings is 2. The van der Waals surface area contributed by atoms with Crippen LogP contribution in [-0.4, -0.2) is 21.0 Å². The zero-order valence-electron chi connectivity index (χ0n) is 14.7. The van der Waals surface area contributed by atoms with E-state index in [2.05, 4.69) is 20.6 Å². The van der Waals surface area contributed by atoms with Gasteiger partial charge in [-0.05, 0) is 55.5 Å². The molecule has 0 aliphatic carbocycles. The monoisotopic (exact) mass is 429 g/mol. The molecule has 0 saturated heterocycles. The molecule has 0 atom stereocenters. The number of halogens is 3. The van der Waals surface area contributed by atoms with Crippen molar-refractivity contribution in [3.8, 4) is 5.69 Å². The molecule has 4 rings (SSSR count). The number of nitrogens with zero attached hydrogens (tertiary/aromatic N) is 4. The first-order valence-corrected chi connectivity index (χ1v) is 9.51. The lowest BCUT2D eigenvalue weighted by Gasteiger charge is -2.05. The lowest BCUT2D eigenvalue weighted by Crippen LogP contribution is -1.96. The fourth-order valence-corrected chi connectivity index (χ4v) is 3.41. The van der Waals surface area contributed by atoms with E-state index >= 15 is 0 Å². The summed E-state index contributed by atoms with van der Waals surface area (Å²) < 4.78 is 1.65. The van der Waals surface area contributed by atoms with Gasteiger partial charge in [-0.15, -0.1) is 0 Å². The first-order chi connectivity index (χ1) is 13.5. The number of pyridine rings is 1. The van der Waals surface area contributed by atoms with Gasteiger partial charge in [0.25, 0.3) is 0 Å². The van der Waals surface area contributed by atoms with Gasteiger partial charge >= 0.3 is 0 Å². The van der Waals surface area contributed by atoms with Gasteiger partial charge in [-0.3, -0.25) is 10.4 Å². The standard InChI is InChI=1S/C20H14Cl3N5/c1-12-17(20(23)28(27-12)15-5-2-13(21)3-6-15)11-25-26-18-8-9-24-19-10-14(22)4-7-16(18)19/h2-11H,1H3,(H,24,26). The molecule has 2 heterocycles. The highest BCUT2D eigenvalue weighted by Crippen LogP contribution is 2.25. The summed E-state index contributed by atoms with van der Waals surface area (Å²) in [6, 6.07) is 14.7. The quantitative estimate of drug-likeness (QED) is 0.313. The zero-order valence-corrected chi connectivity index (χ0v) is 17.0. The van der Waals surface area contributed by atoms with Crippen LogP contribution in [0.4, 0.5) is 5.69 Å². The van der Waals surface area contributed by atoms with Gasteiger partial charge in [-0.2, -0.15) is 10.2 Å². The molecule has 2 aromatic heterocycles. The summed E-state index contributed by atoms with van der Waals surface area (Å²) in [6.07, 6.45) is 3.35. The number of hydrazone groups is 1. The maximum atomic E-state index is 6.52. The van der Waals surface area contributed by atoms with Crippen molar-refractivity contribution < 1.29 is 0 Å². The molecule has 140 valence electrons. The van der Waals surface area contributed by atoms with Crippen LogP contribution in [0.2, 0.25) is 15.2 Å². The number of anilines is 1. The molecule has 2 aromatic carbocycles. The zero-order chi connectivity index (χ0) is 19.7. The normalized spacial score (nSPS) is 11.4. The Labute approximate surface area is 176 Å². The minimum Gasteiger partial charge on any atom is -0.278 e. The Balaban J connectivity index is 1.62. The SMILES string of the molecule is Cc1nn(-c2ccc(Cl)cc2)c(Cl)c1C=NNc1ccnc2cc(Cl)ccc12. The Morgan fingerprint density at radius 2 is 1.75 bits per heavy atom. The number of rotatable bonds is 4. The van der Waals surface area contributed by atoms with Gasteiger partial charge in [-0.25, -0.2) is 4.68 Å². The molecule has 0 spiro atoms. The maximum Gasteiger partial charge on any atom is 0.142 e. The van der Waals surface area contributed by atoms with Gasteiger partial charge in [-0.1, -0.05) is 34.8 Å². The summed E-state index contributed by atoms with van der Waals surface area (Å²) in [7, 11) is 0. The molecule has 0 fully saturated rings. The third-order valence-corrected chi connectivity index (χ3v) is 5.05. The largest absolute Gasteiger partial charge is 0.278 e. The van der Waals surface area contributed by atoms with E-state index in [1.165, 1.54) is 0 Å². The first kappa shape index (κ1) is 18.7. The van der Waals surface area contributed by atoms with E-state index in [-0.39, 0.29) is 0 Å². The van der Waals surface area contributed by atoms with Crippen LogP contribution < -0.4 is 5.43 Å². The summed E-state index contributed by atoms with van der Waals surface area (Å²) >= 11 is 18.5. The molecule has 0 unspecified atom stereocenters. The Morgan fingerprint density at radius 3 is 2.54 bits per heavy atom. The van der Waals surface area contributed by atoms with Gasteiger partial charge < -0.3 is 0 Å². The molecule has 1 N–H and O–H groups in total. The van der Waals surface area contributed by atoms with E-state index in [1.54, 1.807) is 29.2 Å². The topological polar surface area (TPSA) is 55.1 Å². The molecule has 0 saturated carbocycles. The summed E-state index contributed by atoms with van der Waals surface area (Å²) in [5.41, 5.74) is 6.96. The smallest absolute Gasteiger partial charge is 0.142 e. The third kappa shape index (κ3) is 3.69. The number of fused-ring (bicyclic) bond motifs is 1. The molecule has 0 aliphatic rings. The first-order valence-electron chi connectivity index (χ1n) is 8.37. The molecule has 0 bridgehead atoms. The third-order valence-electron chi connectivity index (χ3n) is 4.20. The Morgan fingerprint density at radius 1 is 1.00 bits per heavy atom. The number of hydrogen-bond donors (Lipinski definition) is 1. The van der Waals surface area contributed by atoms with Crippen molar-refractivity contribution in [2.24, 2.45) is 5.10 Å². The lowest BCUT2D eigenvalue weighted by molar-refractivity contribution is 0.863. The predicted molar refractivity (Wildman–Crippen MR) is 116 cm³/mol. The molecule has 28 heavy (non-hydrogen) atoms. The van der Waals surface area contributed by atoms with E-state index in [1.807, 2.05) is 43.3 Å². The Kier molecular flexibility index (Phi) is 5.22. The number of nitrogens with one attached hydrogen (secondary N) is 1. The molecule has 5 nitrogen and oxygen atoms in total. The van der Waals surface area contributed by atoms with Crippen molar-refractivity contribution in [3.63, 3.8) is 0 Å². The summed E-state index contributed by atoms with van der Waals surface area (Å²) in [6.45, 7) is 1.88. The van der Waals surface area contributed by atoms with Crippen molar-refractivity contribution >= 4 is 57.6 Å². The molecule has 0 radical (unpaired) electrons. The summed E-state index contributed by atoms with van der Waals surface area (Å²) in [5.74, 6) is 0. The minimum absolute atomic E-state index is 0.469. The van der Waals surface area contributed by atoms with Crippen LogP contribution in [0.15, 0.2) is 59.8 Å². The van der Waals surface area contributed by atoms with Crippen LogP contribution in [0.3, 0.4) is 0 Å². The highest BCUT2D eigenvalue weighted by Gasteiger charge is 2.13. The molecule has 0 aliphatic heterocycles. The van der Waals surface area contributed by atoms with Crippen molar-refractivity contribution in [3.05, 3.63) is 81.2 Å². The van der Waals surface area contributed by atoms with Crippen LogP contribution in [0.1, 0.15) is 11.3 Å². The van der Waals surface area contributed by atoms with Crippen molar-refractivity contribution in [2.75, 3.05) is 5.43 Å². The lowest BCUT2D eigenvalue weighted by atomic mass is 10.2. The van der Waals surface area contributed by atoms with Crippen LogP contribution >= 0.6 is 34.8 Å². The highest BCUT2D eigenvalue weighted by atomic mass is 35.5. The second-order valence-corrected chi connectivity index (χ2v) is 7.30. The minimum atomic E-state index is 0.469. The van der Waals surface area contributed by atoms with Crippen LogP contribution in [-0.2, 0) is 0 Å². The second-order valence-electron chi connectivity index (χ2n) is 6.07. The molecule has 8 heteroatoms. The van der Waals surface area contributed by atoms with Crippen LogP contribution in [0, 0.1) is 6.92 Å². The molecule has 0 amide bonds. The highest BCUT2D eigenvalue weighted by molar-refractivity contribution is 6.32. The van der Waals surface area contributed by atoms with E-state index in [9.17, 15) is 0 Å². The average molecular weight is 431 g/mol. The molecular formula is C20H14Cl3N5. The fraction of sp³-hybridized carbons (Fsp3) is 0.0500. The predicted octanol–water partition coefficient (Wildman–Crippen LogP) is 6.14. The summed E-state index contributed by atoms with van der Waals surface area (Å²) in [5, 5.41) is 11.5. The fourth-order valence-electron chi connectivity index (χ4n) is 2.80. The summed E-state index contributed by atoms with van der Waals surface area (Å²) in [4.78, 5) is 4.32. The number of hydrogen-bond acceptors (Lipinski definition) is 4. The van der Waals surface area contributed by atoms with Crippen LogP contribution in [0.5, 0.6) is 0 Å². The van der Waals surface area contributed by atoms with E-state index in [0.717, 1.165) is 33.5 Å².